The quantitative estimate of drug-likeness (QED) is 0.417. The minimum Gasteiger partial charge on any atom is -0.376 e. The normalized spacial score (nSPS) is 14.7. The summed E-state index contributed by atoms with van der Waals surface area (Å²) in [5, 5.41) is 1.82. The molecule has 0 fully saturated rings. The third kappa shape index (κ3) is 3.85. The lowest BCUT2D eigenvalue weighted by Crippen LogP contribution is -2.07. The lowest BCUT2D eigenvalue weighted by Gasteiger charge is -2.14. The molecule has 0 radical (unpaired) electrons. The molecule has 150 valence electrons. The van der Waals surface area contributed by atoms with Gasteiger partial charge in [-0.05, 0) is 43.7 Å². The second-order valence-electron chi connectivity index (χ2n) is 7.19. The summed E-state index contributed by atoms with van der Waals surface area (Å²) < 4.78 is 9.59. The average molecular weight is 449 g/mol. The fourth-order valence-corrected chi connectivity index (χ4v) is 3.88. The van der Waals surface area contributed by atoms with Crippen LogP contribution in [0.3, 0.4) is 0 Å². The van der Waals surface area contributed by atoms with E-state index in [9.17, 15) is 0 Å². The van der Waals surface area contributed by atoms with Crippen molar-refractivity contribution in [3.05, 3.63) is 81.1 Å². The molecule has 1 aliphatic rings. The topological polar surface area (TPSA) is 35.9 Å². The molecule has 0 saturated carbocycles. The Labute approximate surface area is 184 Å². The first kappa shape index (κ1) is 20.1. The molecule has 1 aliphatic carbocycles. The molecule has 0 N–H and O–H groups in total. The number of hydrogen-bond donors (Lipinski definition) is 0. The highest BCUT2D eigenvalue weighted by Gasteiger charge is 2.24. The monoisotopic (exact) mass is 447 g/mol. The van der Waals surface area contributed by atoms with E-state index in [-0.39, 0.29) is 0 Å². The van der Waals surface area contributed by atoms with E-state index in [2.05, 4.69) is 18.4 Å². The molecule has 0 saturated heterocycles. The van der Waals surface area contributed by atoms with Crippen LogP contribution < -0.4 is 0 Å². The van der Waals surface area contributed by atoms with Gasteiger partial charge in [0, 0.05) is 27.2 Å². The Morgan fingerprint density at radius 2 is 1.76 bits per heavy atom. The summed E-state index contributed by atoms with van der Waals surface area (Å²) >= 11 is 18.9. The Kier molecular flexibility index (Phi) is 5.52. The van der Waals surface area contributed by atoms with Crippen LogP contribution in [0.25, 0.3) is 17.1 Å². The van der Waals surface area contributed by atoms with Crippen LogP contribution in [0.5, 0.6) is 0 Å². The van der Waals surface area contributed by atoms with E-state index in [1.807, 2.05) is 49.5 Å². The molecule has 0 bridgehead atoms. The van der Waals surface area contributed by atoms with E-state index >= 15 is 0 Å². The van der Waals surface area contributed by atoms with Crippen molar-refractivity contribution in [2.45, 2.75) is 33.1 Å². The van der Waals surface area contributed by atoms with Crippen molar-refractivity contribution in [2.75, 3.05) is 0 Å². The molecule has 2 aromatic heterocycles. The van der Waals surface area contributed by atoms with Gasteiger partial charge in [-0.1, -0.05) is 60.8 Å². The third-order valence-electron chi connectivity index (χ3n) is 4.79. The van der Waals surface area contributed by atoms with E-state index < -0.39 is 0 Å². The zero-order chi connectivity index (χ0) is 20.7. The van der Waals surface area contributed by atoms with Gasteiger partial charge in [0.1, 0.15) is 5.82 Å². The van der Waals surface area contributed by atoms with Gasteiger partial charge in [-0.2, -0.15) is 4.74 Å². The van der Waals surface area contributed by atoms with Crippen LogP contribution >= 0.6 is 34.8 Å². The highest BCUT2D eigenvalue weighted by molar-refractivity contribution is 6.39. The number of rotatable bonds is 4. The highest BCUT2D eigenvalue weighted by atomic mass is 35.5. The summed E-state index contributed by atoms with van der Waals surface area (Å²) in [5.74, 6) is 2.68. The Bertz CT molecular complexity index is 1130. The molecule has 2 heterocycles. The molecule has 29 heavy (non-hydrogen) atoms. The molecular formula is C22H20Cl3N3O. The second-order valence-corrected chi connectivity index (χ2v) is 8.47. The van der Waals surface area contributed by atoms with Gasteiger partial charge in [0.05, 0.1) is 16.9 Å². The van der Waals surface area contributed by atoms with Crippen molar-refractivity contribution in [1.29, 1.82) is 0 Å². The number of nitrogens with zero attached hydrogens (tertiary/aromatic N) is 3. The van der Waals surface area contributed by atoms with Crippen molar-refractivity contribution >= 4 is 40.4 Å². The lowest BCUT2D eigenvalue weighted by atomic mass is 10.2. The maximum absolute atomic E-state index is 6.59. The van der Waals surface area contributed by atoms with Crippen LogP contribution in [0.4, 0.5) is 0 Å². The number of imidazole rings is 1. The number of benzene rings is 1. The second kappa shape index (κ2) is 7.94. The molecule has 0 aliphatic heterocycles. The van der Waals surface area contributed by atoms with Gasteiger partial charge in [-0.15, -0.1) is 0 Å². The number of halogens is 3. The summed E-state index contributed by atoms with van der Waals surface area (Å²) in [7, 11) is 0. The van der Waals surface area contributed by atoms with Gasteiger partial charge >= 0.3 is 0 Å². The molecule has 3 aromatic rings. The highest BCUT2D eigenvalue weighted by Crippen LogP contribution is 2.35. The number of hydrogen-bond acceptors (Lipinski definition) is 2. The summed E-state index contributed by atoms with van der Waals surface area (Å²) in [6.45, 7) is 6.18. The Hall–Kier alpha value is -2.14. The van der Waals surface area contributed by atoms with E-state index in [0.29, 0.717) is 33.2 Å². The van der Waals surface area contributed by atoms with Crippen LogP contribution in [0, 0.1) is 6.92 Å². The Morgan fingerprint density at radius 3 is 2.41 bits per heavy atom. The maximum Gasteiger partial charge on any atom is 0.190 e. The fourth-order valence-electron chi connectivity index (χ4n) is 3.22. The Morgan fingerprint density at radius 1 is 1.07 bits per heavy atom. The summed E-state index contributed by atoms with van der Waals surface area (Å²) in [6.07, 6.45) is 8.32. The first-order chi connectivity index (χ1) is 13.8. The summed E-state index contributed by atoms with van der Waals surface area (Å²) in [4.78, 5) is 4.89. The molecule has 0 spiro atoms. The Balaban J connectivity index is 1.89. The first-order valence-electron chi connectivity index (χ1n) is 9.33. The smallest absolute Gasteiger partial charge is 0.190 e. The predicted molar refractivity (Wildman–Crippen MR) is 119 cm³/mol. The molecule has 4 rings (SSSR count). The molecule has 0 unspecified atom stereocenters. The van der Waals surface area contributed by atoms with E-state index in [1.54, 1.807) is 10.8 Å². The third-order valence-corrected chi connectivity index (χ3v) is 5.62. The van der Waals surface area contributed by atoms with Gasteiger partial charge in [0.15, 0.2) is 11.6 Å². The van der Waals surface area contributed by atoms with E-state index in [1.165, 1.54) is 0 Å². The van der Waals surface area contributed by atoms with Crippen LogP contribution in [0.1, 0.15) is 43.5 Å². The van der Waals surface area contributed by atoms with Gasteiger partial charge in [0.2, 0.25) is 0 Å². The van der Waals surface area contributed by atoms with Crippen molar-refractivity contribution in [3.8, 4) is 11.5 Å². The standard InChI is InChI=1S/C22H20Cl3N3O/c1-13(2)20-12-27(29-20)21-14(3)28(17-9-7-15(23)8-10-17)22(26-21)18-6-4-5-16(24)11-19(18)25/h5-13H,4H2,1-3H3. The van der Waals surface area contributed by atoms with Gasteiger partial charge in [-0.25, -0.2) is 4.98 Å². The van der Waals surface area contributed by atoms with Crippen molar-refractivity contribution in [1.82, 2.24) is 14.3 Å². The van der Waals surface area contributed by atoms with Gasteiger partial charge in [-0.3, -0.25) is 4.57 Å². The van der Waals surface area contributed by atoms with Crippen molar-refractivity contribution < 1.29 is 4.52 Å². The predicted octanol–water partition coefficient (Wildman–Crippen LogP) is 7.37. The first-order valence-corrected chi connectivity index (χ1v) is 10.5. The molecule has 0 atom stereocenters. The molecule has 1 aromatic carbocycles. The molecule has 0 amide bonds. The van der Waals surface area contributed by atoms with E-state index in [4.69, 9.17) is 44.3 Å². The van der Waals surface area contributed by atoms with Crippen LogP contribution in [-0.2, 0) is 0 Å². The SMILES string of the molecule is Cc1c(-n2cc(C(C)C)o2)nc(C2=CCC=C(Cl)C=C2Cl)n1-c1ccc(Cl)cc1. The van der Waals surface area contributed by atoms with Crippen LogP contribution in [0.15, 0.2) is 63.3 Å². The zero-order valence-electron chi connectivity index (χ0n) is 16.3. The van der Waals surface area contributed by atoms with Crippen molar-refractivity contribution in [2.24, 2.45) is 0 Å². The van der Waals surface area contributed by atoms with Gasteiger partial charge in [0.25, 0.3) is 0 Å². The van der Waals surface area contributed by atoms with Crippen molar-refractivity contribution in [3.63, 3.8) is 0 Å². The largest absolute Gasteiger partial charge is 0.376 e. The van der Waals surface area contributed by atoms with Gasteiger partial charge < -0.3 is 4.52 Å². The fraction of sp³-hybridized carbons (Fsp3) is 0.227. The molecular weight excluding hydrogens is 429 g/mol. The summed E-state index contributed by atoms with van der Waals surface area (Å²) in [6, 6.07) is 7.62. The van der Waals surface area contributed by atoms with Crippen LogP contribution in [-0.4, -0.2) is 14.3 Å². The zero-order valence-corrected chi connectivity index (χ0v) is 18.6. The minimum atomic E-state index is 0.319. The number of aromatic nitrogens is 3. The molecule has 7 heteroatoms. The average Bonchev–Trinajstić information content (AvgIpc) is 2.84. The van der Waals surface area contributed by atoms with Crippen LogP contribution in [0.2, 0.25) is 5.02 Å². The lowest BCUT2D eigenvalue weighted by molar-refractivity contribution is 0.236. The minimum absolute atomic E-state index is 0.319. The number of allylic oxidation sites excluding steroid dienone is 6. The van der Waals surface area contributed by atoms with E-state index in [0.717, 1.165) is 28.5 Å². The molecule has 4 nitrogen and oxygen atoms in total. The summed E-state index contributed by atoms with van der Waals surface area (Å²) in [5.41, 5.74) is 2.68. The maximum atomic E-state index is 6.59.